The summed E-state index contributed by atoms with van der Waals surface area (Å²) in [6.07, 6.45) is 3.94. The van der Waals surface area contributed by atoms with Gasteiger partial charge in [-0.05, 0) is 49.9 Å². The van der Waals surface area contributed by atoms with Gasteiger partial charge in [0.25, 0.3) is 5.91 Å². The van der Waals surface area contributed by atoms with Crippen molar-refractivity contribution in [2.24, 2.45) is 0 Å². The summed E-state index contributed by atoms with van der Waals surface area (Å²) in [5.41, 5.74) is 0.949. The summed E-state index contributed by atoms with van der Waals surface area (Å²) in [7, 11) is 1.33. The maximum atomic E-state index is 12.9. The van der Waals surface area contributed by atoms with Crippen molar-refractivity contribution in [3.8, 4) is 0 Å². The maximum absolute atomic E-state index is 12.9. The predicted octanol–water partition coefficient (Wildman–Crippen LogP) is 2.71. The van der Waals surface area contributed by atoms with Crippen LogP contribution in [0, 0.1) is 0 Å². The number of amides is 1. The van der Waals surface area contributed by atoms with E-state index in [0.29, 0.717) is 29.5 Å². The van der Waals surface area contributed by atoms with E-state index in [-0.39, 0.29) is 11.9 Å². The SMILES string of the molecule is COC(=O)c1ccc(C(=O)N2CCCC2c2nc(C3CC3)no2)cc1. The van der Waals surface area contributed by atoms with Gasteiger partial charge in [0.1, 0.15) is 6.04 Å². The van der Waals surface area contributed by atoms with E-state index in [9.17, 15) is 9.59 Å². The van der Waals surface area contributed by atoms with Crippen molar-refractivity contribution in [2.45, 2.75) is 37.6 Å². The van der Waals surface area contributed by atoms with Gasteiger partial charge in [0, 0.05) is 18.0 Å². The Morgan fingerprint density at radius 1 is 1.16 bits per heavy atom. The summed E-state index contributed by atoms with van der Waals surface area (Å²) >= 11 is 0. The number of rotatable bonds is 4. The number of esters is 1. The molecule has 0 N–H and O–H groups in total. The first kappa shape index (κ1) is 15.8. The fourth-order valence-electron chi connectivity index (χ4n) is 3.19. The average molecular weight is 341 g/mol. The minimum Gasteiger partial charge on any atom is -0.465 e. The highest BCUT2D eigenvalue weighted by Gasteiger charge is 2.36. The number of likely N-dealkylation sites (tertiary alicyclic amines) is 1. The molecule has 1 aliphatic carbocycles. The van der Waals surface area contributed by atoms with Crippen molar-refractivity contribution >= 4 is 11.9 Å². The number of ether oxygens (including phenoxy) is 1. The van der Waals surface area contributed by atoms with Crippen molar-refractivity contribution in [1.82, 2.24) is 15.0 Å². The standard InChI is InChI=1S/C18H19N3O4/c1-24-18(23)13-8-6-12(7-9-13)17(22)21-10-2-3-14(21)16-19-15(20-25-16)11-4-5-11/h6-9,11,14H,2-5,10H2,1H3. The molecule has 0 bridgehead atoms. The second kappa shape index (κ2) is 6.31. The summed E-state index contributed by atoms with van der Waals surface area (Å²) in [5.74, 6) is 1.20. The Bertz CT molecular complexity index is 795. The molecule has 1 unspecified atom stereocenters. The number of methoxy groups -OCH3 is 1. The van der Waals surface area contributed by atoms with E-state index in [2.05, 4.69) is 14.9 Å². The molecule has 1 saturated heterocycles. The Morgan fingerprint density at radius 3 is 2.56 bits per heavy atom. The number of nitrogens with zero attached hydrogens (tertiary/aromatic N) is 3. The Morgan fingerprint density at radius 2 is 1.88 bits per heavy atom. The Hall–Kier alpha value is -2.70. The van der Waals surface area contributed by atoms with Gasteiger partial charge in [-0.15, -0.1) is 0 Å². The lowest BCUT2D eigenvalue weighted by molar-refractivity contribution is 0.0599. The number of carbonyl (C=O) groups excluding carboxylic acids is 2. The molecule has 1 aliphatic heterocycles. The number of hydrogen-bond donors (Lipinski definition) is 0. The molecule has 25 heavy (non-hydrogen) atoms. The highest BCUT2D eigenvalue weighted by Crippen LogP contribution is 2.40. The van der Waals surface area contributed by atoms with E-state index >= 15 is 0 Å². The molecule has 0 radical (unpaired) electrons. The maximum Gasteiger partial charge on any atom is 0.337 e. The molecule has 7 nitrogen and oxygen atoms in total. The van der Waals surface area contributed by atoms with E-state index < -0.39 is 5.97 Å². The van der Waals surface area contributed by atoms with Crippen LogP contribution in [0.2, 0.25) is 0 Å². The predicted molar refractivity (Wildman–Crippen MR) is 87.1 cm³/mol. The summed E-state index contributed by atoms with van der Waals surface area (Å²) in [4.78, 5) is 30.6. The van der Waals surface area contributed by atoms with E-state index in [4.69, 9.17) is 4.52 Å². The van der Waals surface area contributed by atoms with Crippen molar-refractivity contribution in [3.05, 3.63) is 47.1 Å². The van der Waals surface area contributed by atoms with Crippen LogP contribution in [0.4, 0.5) is 0 Å². The first-order valence-electron chi connectivity index (χ1n) is 8.50. The zero-order valence-corrected chi connectivity index (χ0v) is 14.0. The van der Waals surface area contributed by atoms with Crippen LogP contribution in [0.5, 0.6) is 0 Å². The van der Waals surface area contributed by atoms with Crippen LogP contribution < -0.4 is 0 Å². The third-order valence-corrected chi connectivity index (χ3v) is 4.75. The van der Waals surface area contributed by atoms with Crippen LogP contribution in [-0.4, -0.2) is 40.6 Å². The van der Waals surface area contributed by atoms with Gasteiger partial charge in [0.2, 0.25) is 5.89 Å². The molecule has 2 fully saturated rings. The molecule has 1 saturated carbocycles. The van der Waals surface area contributed by atoms with Crippen LogP contribution in [0.15, 0.2) is 28.8 Å². The van der Waals surface area contributed by atoms with Gasteiger partial charge in [-0.25, -0.2) is 4.79 Å². The van der Waals surface area contributed by atoms with Crippen LogP contribution >= 0.6 is 0 Å². The second-order valence-electron chi connectivity index (χ2n) is 6.49. The van der Waals surface area contributed by atoms with E-state index in [0.717, 1.165) is 31.5 Å². The number of aromatic nitrogens is 2. The summed E-state index contributed by atoms with van der Waals surface area (Å²) in [5, 5.41) is 4.05. The molecule has 1 atom stereocenters. The Kier molecular flexibility index (Phi) is 3.99. The lowest BCUT2D eigenvalue weighted by Crippen LogP contribution is -2.30. The zero-order valence-electron chi connectivity index (χ0n) is 14.0. The molecule has 1 amide bonds. The molecule has 2 heterocycles. The fraction of sp³-hybridized carbons (Fsp3) is 0.444. The topological polar surface area (TPSA) is 85.5 Å². The van der Waals surface area contributed by atoms with Gasteiger partial charge in [0.05, 0.1) is 12.7 Å². The average Bonchev–Trinajstić information content (AvgIpc) is 3.19. The minimum atomic E-state index is -0.420. The largest absolute Gasteiger partial charge is 0.465 e. The first-order chi connectivity index (χ1) is 12.2. The number of carbonyl (C=O) groups is 2. The quantitative estimate of drug-likeness (QED) is 0.795. The molecular weight excluding hydrogens is 322 g/mol. The lowest BCUT2D eigenvalue weighted by Gasteiger charge is -2.22. The van der Waals surface area contributed by atoms with Crippen LogP contribution in [0.3, 0.4) is 0 Å². The molecule has 4 rings (SSSR count). The van der Waals surface area contributed by atoms with Crippen LogP contribution in [0.25, 0.3) is 0 Å². The van der Waals surface area contributed by atoms with Crippen LogP contribution in [0.1, 0.15) is 70.1 Å². The fourth-order valence-corrected chi connectivity index (χ4v) is 3.19. The lowest BCUT2D eigenvalue weighted by atomic mass is 10.1. The Labute approximate surface area is 145 Å². The zero-order chi connectivity index (χ0) is 17.4. The molecule has 2 aliphatic rings. The smallest absolute Gasteiger partial charge is 0.337 e. The Balaban J connectivity index is 1.52. The number of hydrogen-bond acceptors (Lipinski definition) is 6. The third-order valence-electron chi connectivity index (χ3n) is 4.75. The van der Waals surface area contributed by atoms with Crippen molar-refractivity contribution in [1.29, 1.82) is 0 Å². The van der Waals surface area contributed by atoms with E-state index in [1.54, 1.807) is 29.2 Å². The van der Waals surface area contributed by atoms with Crippen molar-refractivity contribution < 1.29 is 18.8 Å². The normalized spacial score (nSPS) is 19.9. The summed E-state index contributed by atoms with van der Waals surface area (Å²) in [6.45, 7) is 0.656. The van der Waals surface area contributed by atoms with Gasteiger partial charge in [-0.2, -0.15) is 4.98 Å². The summed E-state index contributed by atoms with van der Waals surface area (Å²) < 4.78 is 10.1. The van der Waals surface area contributed by atoms with Crippen LogP contribution in [-0.2, 0) is 4.74 Å². The molecule has 1 aromatic carbocycles. The van der Waals surface area contributed by atoms with E-state index in [1.165, 1.54) is 7.11 Å². The second-order valence-corrected chi connectivity index (χ2v) is 6.49. The van der Waals surface area contributed by atoms with Gasteiger partial charge >= 0.3 is 5.97 Å². The highest BCUT2D eigenvalue weighted by atomic mass is 16.5. The minimum absolute atomic E-state index is 0.0925. The first-order valence-corrected chi connectivity index (χ1v) is 8.50. The molecule has 2 aromatic rings. The molecule has 130 valence electrons. The van der Waals surface area contributed by atoms with Gasteiger partial charge < -0.3 is 14.2 Å². The van der Waals surface area contributed by atoms with Crippen molar-refractivity contribution in [3.63, 3.8) is 0 Å². The molecule has 0 spiro atoms. The molecular formula is C18H19N3O4. The highest BCUT2D eigenvalue weighted by molar-refractivity contribution is 5.96. The molecule has 7 heteroatoms. The monoisotopic (exact) mass is 341 g/mol. The van der Waals surface area contributed by atoms with E-state index in [1.807, 2.05) is 0 Å². The van der Waals surface area contributed by atoms with Crippen molar-refractivity contribution in [2.75, 3.05) is 13.7 Å². The van der Waals surface area contributed by atoms with Gasteiger partial charge in [0.15, 0.2) is 5.82 Å². The number of benzene rings is 1. The summed E-state index contributed by atoms with van der Waals surface area (Å²) in [6, 6.07) is 6.32. The third kappa shape index (κ3) is 3.01. The molecule has 1 aromatic heterocycles. The van der Waals surface area contributed by atoms with Gasteiger partial charge in [-0.1, -0.05) is 5.16 Å². The van der Waals surface area contributed by atoms with Gasteiger partial charge in [-0.3, -0.25) is 4.79 Å².